The molecule has 0 unspecified atom stereocenters. The van der Waals surface area contributed by atoms with Gasteiger partial charge in [0.2, 0.25) is 11.8 Å². The van der Waals surface area contributed by atoms with Crippen LogP contribution in [0.3, 0.4) is 0 Å². The number of aliphatic hydroxyl groups is 1. The number of para-hydroxylation sites is 1. The third-order valence-electron chi connectivity index (χ3n) is 8.72. The van der Waals surface area contributed by atoms with Crippen molar-refractivity contribution in [2.75, 3.05) is 11.5 Å². The standard InChI is InChI=1S/C31H24ClF6NO6/c32-24-12-19(40)6-7-21(24)25-13-23-26-22(11-17(29(23,43)45-25)14-44-20-4-2-1-3-5-20)27(41)39(28(26)42)18-9-15(30(33,34)35)8-16(10-18)31(36,37)38/h1-10,12,17,22-23,25-26,40,43H,11,13-14H2/t17-,22+,23+,25+,26+,29-/m1/s1. The SMILES string of the molecule is O=C1[C@H]2[C@H](C[C@H](COc3ccccc3)[C@@]3(O)O[C@H](c4ccc(O)cc4Cl)C[C@@H]23)C(=O)N1c1cc(C(F)(F)F)cc(C(F)(F)F)c1. The van der Waals surface area contributed by atoms with Crippen molar-refractivity contribution < 1.29 is 55.6 Å². The van der Waals surface area contributed by atoms with Gasteiger partial charge in [-0.2, -0.15) is 26.3 Å². The Kier molecular flexibility index (Phi) is 7.57. The van der Waals surface area contributed by atoms with Gasteiger partial charge in [0.1, 0.15) is 11.5 Å². The van der Waals surface area contributed by atoms with Gasteiger partial charge in [-0.05, 0) is 60.9 Å². The van der Waals surface area contributed by atoms with E-state index in [2.05, 4.69) is 0 Å². The third kappa shape index (κ3) is 5.50. The average molecular weight is 656 g/mol. The second kappa shape index (κ2) is 10.9. The van der Waals surface area contributed by atoms with E-state index in [9.17, 15) is 46.1 Å². The van der Waals surface area contributed by atoms with Crippen LogP contribution in [0.2, 0.25) is 5.02 Å². The third-order valence-corrected chi connectivity index (χ3v) is 9.05. The van der Waals surface area contributed by atoms with Gasteiger partial charge in [0.25, 0.3) is 0 Å². The van der Waals surface area contributed by atoms with Gasteiger partial charge in [-0.15, -0.1) is 0 Å². The van der Waals surface area contributed by atoms with E-state index in [-0.39, 0.29) is 36.3 Å². The lowest BCUT2D eigenvalue weighted by atomic mass is 9.64. The molecule has 0 aromatic heterocycles. The van der Waals surface area contributed by atoms with Crippen LogP contribution in [-0.4, -0.2) is 34.4 Å². The summed E-state index contributed by atoms with van der Waals surface area (Å²) < 4.78 is 93.8. The highest BCUT2D eigenvalue weighted by atomic mass is 35.5. The summed E-state index contributed by atoms with van der Waals surface area (Å²) in [6.07, 6.45) is -11.6. The highest BCUT2D eigenvalue weighted by Crippen LogP contribution is 2.59. The zero-order valence-electron chi connectivity index (χ0n) is 23.0. The molecule has 0 radical (unpaired) electrons. The molecule has 45 heavy (non-hydrogen) atoms. The van der Waals surface area contributed by atoms with Gasteiger partial charge in [-0.3, -0.25) is 14.5 Å². The minimum Gasteiger partial charge on any atom is -0.508 e. The summed E-state index contributed by atoms with van der Waals surface area (Å²) >= 11 is 6.34. The number of anilines is 1. The summed E-state index contributed by atoms with van der Waals surface area (Å²) in [6, 6.07) is 13.1. The number of hydrogen-bond acceptors (Lipinski definition) is 6. The fourth-order valence-corrected chi connectivity index (χ4v) is 6.98. The Hall–Kier alpha value is -3.81. The number of imide groups is 1. The molecule has 3 aromatic carbocycles. The molecular weight excluding hydrogens is 632 g/mol. The zero-order chi connectivity index (χ0) is 32.5. The van der Waals surface area contributed by atoms with E-state index >= 15 is 0 Å². The van der Waals surface area contributed by atoms with Gasteiger partial charge < -0.3 is 19.7 Å². The van der Waals surface area contributed by atoms with Gasteiger partial charge >= 0.3 is 12.4 Å². The number of ether oxygens (including phenoxy) is 2. The number of fused-ring (bicyclic) bond motifs is 3. The van der Waals surface area contributed by atoms with Gasteiger partial charge in [-0.25, -0.2) is 0 Å². The minimum absolute atomic E-state index is 0.0761. The van der Waals surface area contributed by atoms with Gasteiger partial charge in [0, 0.05) is 11.8 Å². The number of nitrogens with zero attached hydrogens (tertiary/aromatic N) is 1. The smallest absolute Gasteiger partial charge is 0.416 e. The summed E-state index contributed by atoms with van der Waals surface area (Å²) in [5.41, 5.74) is -3.88. The van der Waals surface area contributed by atoms with Crippen molar-refractivity contribution in [2.45, 2.75) is 37.1 Å². The van der Waals surface area contributed by atoms with Crippen LogP contribution in [0, 0.1) is 23.7 Å². The fourth-order valence-electron chi connectivity index (χ4n) is 6.68. The summed E-state index contributed by atoms with van der Waals surface area (Å²) in [5, 5.41) is 22.0. The molecule has 2 saturated heterocycles. The number of halogens is 7. The lowest BCUT2D eigenvalue weighted by Crippen LogP contribution is -2.55. The van der Waals surface area contributed by atoms with Crippen molar-refractivity contribution in [3.8, 4) is 11.5 Å². The predicted octanol–water partition coefficient (Wildman–Crippen LogP) is 6.75. The van der Waals surface area contributed by atoms with E-state index in [1.807, 2.05) is 0 Å². The normalized spacial score (nSPS) is 28.3. The Morgan fingerprint density at radius 2 is 1.56 bits per heavy atom. The van der Waals surface area contributed by atoms with Crippen molar-refractivity contribution in [3.63, 3.8) is 0 Å². The molecular formula is C31H24ClF6NO6. The van der Waals surface area contributed by atoms with E-state index in [0.717, 1.165) is 0 Å². The van der Waals surface area contributed by atoms with Crippen LogP contribution in [0.5, 0.6) is 11.5 Å². The largest absolute Gasteiger partial charge is 0.508 e. The number of aromatic hydroxyl groups is 1. The van der Waals surface area contributed by atoms with E-state index in [1.165, 1.54) is 18.2 Å². The Balaban J connectivity index is 1.41. The fraction of sp³-hybridized carbons (Fsp3) is 0.355. The molecule has 14 heteroatoms. The molecule has 3 aliphatic rings. The van der Waals surface area contributed by atoms with Crippen molar-refractivity contribution >= 4 is 29.1 Å². The van der Waals surface area contributed by atoms with Gasteiger partial charge in [-0.1, -0.05) is 35.9 Å². The predicted molar refractivity (Wildman–Crippen MR) is 146 cm³/mol. The molecule has 2 amide bonds. The van der Waals surface area contributed by atoms with Crippen LogP contribution < -0.4 is 9.64 Å². The molecule has 3 aromatic rings. The Morgan fingerprint density at radius 1 is 0.911 bits per heavy atom. The van der Waals surface area contributed by atoms with E-state index in [4.69, 9.17) is 21.1 Å². The summed E-state index contributed by atoms with van der Waals surface area (Å²) in [6.45, 7) is -0.195. The van der Waals surface area contributed by atoms with Crippen molar-refractivity contribution in [1.82, 2.24) is 0 Å². The molecule has 6 rings (SSSR count). The quantitative estimate of drug-likeness (QED) is 0.233. The van der Waals surface area contributed by atoms with Crippen molar-refractivity contribution in [3.05, 3.63) is 88.4 Å². The maximum Gasteiger partial charge on any atom is 0.416 e. The second-order valence-corrected chi connectivity index (χ2v) is 11.8. The number of phenols is 1. The van der Waals surface area contributed by atoms with Crippen LogP contribution in [0.1, 0.15) is 35.6 Å². The lowest BCUT2D eigenvalue weighted by molar-refractivity contribution is -0.272. The molecule has 2 N–H and O–H groups in total. The number of carbonyl (C=O) groups excluding carboxylic acids is 2. The number of benzene rings is 3. The number of rotatable bonds is 5. The summed E-state index contributed by atoms with van der Waals surface area (Å²) in [4.78, 5) is 28.0. The molecule has 7 nitrogen and oxygen atoms in total. The van der Waals surface area contributed by atoms with Gasteiger partial charge in [0.15, 0.2) is 5.79 Å². The number of phenolic OH excluding ortho intramolecular Hbond substituents is 1. The average Bonchev–Trinajstić information content (AvgIpc) is 3.44. The Bertz CT molecular complexity index is 1620. The first-order chi connectivity index (χ1) is 21.1. The molecule has 1 saturated carbocycles. The highest BCUT2D eigenvalue weighted by molar-refractivity contribution is 6.31. The van der Waals surface area contributed by atoms with Crippen molar-refractivity contribution in [2.24, 2.45) is 23.7 Å². The maximum atomic E-state index is 13.9. The topological polar surface area (TPSA) is 96.3 Å². The van der Waals surface area contributed by atoms with E-state index in [1.54, 1.807) is 30.3 Å². The summed E-state index contributed by atoms with van der Waals surface area (Å²) in [5.74, 6) is -8.46. The van der Waals surface area contributed by atoms with Crippen molar-refractivity contribution in [1.29, 1.82) is 0 Å². The van der Waals surface area contributed by atoms with Crippen LogP contribution >= 0.6 is 11.6 Å². The minimum atomic E-state index is -5.20. The molecule has 1 aliphatic carbocycles. The summed E-state index contributed by atoms with van der Waals surface area (Å²) in [7, 11) is 0. The van der Waals surface area contributed by atoms with Crippen LogP contribution in [0.25, 0.3) is 0 Å². The Labute approximate surface area is 256 Å². The molecule has 2 heterocycles. The molecule has 6 atom stereocenters. The molecule has 0 spiro atoms. The zero-order valence-corrected chi connectivity index (χ0v) is 23.7. The number of carbonyl (C=O) groups is 2. The monoisotopic (exact) mass is 655 g/mol. The number of hydrogen-bond donors (Lipinski definition) is 2. The highest BCUT2D eigenvalue weighted by Gasteiger charge is 2.67. The molecule has 238 valence electrons. The van der Waals surface area contributed by atoms with Crippen LogP contribution in [0.4, 0.5) is 32.0 Å². The van der Waals surface area contributed by atoms with E-state index < -0.39 is 76.5 Å². The van der Waals surface area contributed by atoms with E-state index in [0.29, 0.717) is 28.3 Å². The van der Waals surface area contributed by atoms with Gasteiger partial charge in [0.05, 0.1) is 46.4 Å². The number of amides is 2. The second-order valence-electron chi connectivity index (χ2n) is 11.4. The molecule has 3 fully saturated rings. The number of alkyl halides is 6. The lowest BCUT2D eigenvalue weighted by Gasteiger charge is -2.44. The molecule has 2 aliphatic heterocycles. The maximum absolute atomic E-state index is 13.9. The van der Waals surface area contributed by atoms with Crippen LogP contribution in [0.15, 0.2) is 66.7 Å². The van der Waals surface area contributed by atoms with Crippen LogP contribution in [-0.2, 0) is 26.7 Å². The first-order valence-corrected chi connectivity index (χ1v) is 14.2. The molecule has 0 bridgehead atoms. The Morgan fingerprint density at radius 3 is 2.16 bits per heavy atom. The first kappa shape index (κ1) is 31.2. The first-order valence-electron chi connectivity index (χ1n) is 13.8.